The van der Waals surface area contributed by atoms with E-state index in [1.807, 2.05) is 12.3 Å². The molecular weight excluding hydrogens is 294 g/mol. The van der Waals surface area contributed by atoms with E-state index in [4.69, 9.17) is 4.52 Å². The zero-order chi connectivity index (χ0) is 15.8. The lowest BCUT2D eigenvalue weighted by molar-refractivity contribution is 0.0650. The second kappa shape index (κ2) is 5.39. The van der Waals surface area contributed by atoms with E-state index in [0.717, 1.165) is 30.1 Å². The van der Waals surface area contributed by atoms with Crippen molar-refractivity contribution in [3.63, 3.8) is 0 Å². The summed E-state index contributed by atoms with van der Waals surface area (Å²) in [6.45, 7) is 1.92. The maximum Gasteiger partial charge on any atom is 0.261 e. The van der Waals surface area contributed by atoms with Crippen LogP contribution in [0.2, 0.25) is 0 Å². The smallest absolute Gasteiger partial charge is 0.261 e. The molecule has 2 aliphatic heterocycles. The molecule has 2 amide bonds. The molecule has 6 heteroatoms. The van der Waals surface area contributed by atoms with Crippen LogP contribution in [0.25, 0.3) is 12.3 Å². The Labute approximate surface area is 132 Å². The van der Waals surface area contributed by atoms with E-state index in [9.17, 15) is 9.59 Å². The first kappa shape index (κ1) is 13.8. The summed E-state index contributed by atoms with van der Waals surface area (Å²) in [5.41, 5.74) is 1.80. The van der Waals surface area contributed by atoms with Gasteiger partial charge in [-0.05, 0) is 24.6 Å². The number of benzene rings is 1. The van der Waals surface area contributed by atoms with Gasteiger partial charge in [0.25, 0.3) is 11.8 Å². The lowest BCUT2D eigenvalue weighted by Gasteiger charge is -2.21. The predicted octanol–water partition coefficient (Wildman–Crippen LogP) is 0.195. The second-order valence-electron chi connectivity index (χ2n) is 5.63. The van der Waals surface area contributed by atoms with E-state index in [1.54, 1.807) is 30.5 Å². The average molecular weight is 309 g/mol. The van der Waals surface area contributed by atoms with Crippen molar-refractivity contribution in [2.24, 2.45) is 0 Å². The molecule has 0 aliphatic carbocycles. The highest BCUT2D eigenvalue weighted by Crippen LogP contribution is 2.22. The number of fused-ring (bicyclic) bond motifs is 2. The molecular formula is C17H15N3O3. The normalized spacial score (nSPS) is 16.0. The van der Waals surface area contributed by atoms with E-state index < -0.39 is 0 Å². The summed E-state index contributed by atoms with van der Waals surface area (Å²) >= 11 is 0. The zero-order valence-corrected chi connectivity index (χ0v) is 12.4. The molecule has 1 aromatic heterocycles. The van der Waals surface area contributed by atoms with Gasteiger partial charge in [-0.15, -0.1) is 0 Å². The number of hydrogen-bond donors (Lipinski definition) is 0. The Morgan fingerprint density at radius 2 is 1.83 bits per heavy atom. The molecule has 6 nitrogen and oxygen atoms in total. The minimum Gasteiger partial charge on any atom is -0.373 e. The summed E-state index contributed by atoms with van der Waals surface area (Å²) < 4.78 is 5.09. The number of rotatable bonds is 4. The Morgan fingerprint density at radius 3 is 2.57 bits per heavy atom. The zero-order valence-electron chi connectivity index (χ0n) is 12.4. The minimum absolute atomic E-state index is 0.193. The van der Waals surface area contributed by atoms with Gasteiger partial charge in [0.2, 0.25) is 0 Å². The van der Waals surface area contributed by atoms with Crippen LogP contribution < -0.4 is 10.6 Å². The van der Waals surface area contributed by atoms with Crippen LogP contribution in [0.4, 0.5) is 0 Å². The van der Waals surface area contributed by atoms with Crippen molar-refractivity contribution in [1.29, 1.82) is 0 Å². The fraction of sp³-hybridized carbons (Fsp3) is 0.235. The summed E-state index contributed by atoms with van der Waals surface area (Å²) in [6.07, 6.45) is 6.37. The van der Waals surface area contributed by atoms with E-state index >= 15 is 0 Å². The topological polar surface area (TPSA) is 66.7 Å². The third-order valence-electron chi connectivity index (χ3n) is 4.17. The first-order chi connectivity index (χ1) is 11.2. The van der Waals surface area contributed by atoms with Crippen molar-refractivity contribution in [1.82, 2.24) is 15.0 Å². The summed E-state index contributed by atoms with van der Waals surface area (Å²) in [7, 11) is 0. The van der Waals surface area contributed by atoms with Crippen molar-refractivity contribution in [3.8, 4) is 0 Å². The molecule has 0 saturated carbocycles. The molecule has 2 aromatic rings. The Hall–Kier alpha value is -2.89. The SMILES string of the molecule is O=C1c2ccccc2C(=O)N1CCCN1C=c2cnoc2=CC1. The maximum atomic E-state index is 12.3. The van der Waals surface area contributed by atoms with Crippen LogP contribution in [-0.4, -0.2) is 46.4 Å². The molecule has 0 saturated heterocycles. The van der Waals surface area contributed by atoms with Gasteiger partial charge >= 0.3 is 0 Å². The highest BCUT2D eigenvalue weighted by molar-refractivity contribution is 6.21. The quantitative estimate of drug-likeness (QED) is 0.755. The van der Waals surface area contributed by atoms with Crippen molar-refractivity contribution in [2.45, 2.75) is 6.42 Å². The third kappa shape index (κ3) is 2.32. The van der Waals surface area contributed by atoms with E-state index in [2.05, 4.69) is 10.1 Å². The molecule has 1 aromatic carbocycles. The molecule has 0 unspecified atom stereocenters. The Morgan fingerprint density at radius 1 is 1.09 bits per heavy atom. The molecule has 3 heterocycles. The summed E-state index contributed by atoms with van der Waals surface area (Å²) in [4.78, 5) is 28.0. The van der Waals surface area contributed by atoms with Crippen molar-refractivity contribution in [3.05, 3.63) is 52.2 Å². The molecule has 0 spiro atoms. The van der Waals surface area contributed by atoms with Crippen LogP contribution in [0, 0.1) is 0 Å². The van der Waals surface area contributed by atoms with Gasteiger partial charge in [0, 0.05) is 25.8 Å². The maximum absolute atomic E-state index is 12.3. The molecule has 0 N–H and O–H groups in total. The van der Waals surface area contributed by atoms with Gasteiger partial charge in [-0.3, -0.25) is 14.5 Å². The number of amides is 2. The van der Waals surface area contributed by atoms with Gasteiger partial charge in [-0.1, -0.05) is 17.3 Å². The van der Waals surface area contributed by atoms with Gasteiger partial charge in [-0.2, -0.15) is 0 Å². The van der Waals surface area contributed by atoms with Crippen molar-refractivity contribution < 1.29 is 14.1 Å². The van der Waals surface area contributed by atoms with Gasteiger partial charge in [0.05, 0.1) is 22.5 Å². The fourth-order valence-electron chi connectivity index (χ4n) is 2.99. The van der Waals surface area contributed by atoms with Gasteiger partial charge < -0.3 is 9.42 Å². The molecule has 0 bridgehead atoms. The van der Waals surface area contributed by atoms with Gasteiger partial charge in [0.1, 0.15) is 0 Å². The molecule has 2 aliphatic rings. The number of carbonyl (C=O) groups is 2. The second-order valence-corrected chi connectivity index (χ2v) is 5.63. The molecule has 23 heavy (non-hydrogen) atoms. The monoisotopic (exact) mass is 309 g/mol. The molecule has 116 valence electrons. The third-order valence-corrected chi connectivity index (χ3v) is 4.17. The minimum atomic E-state index is -0.193. The van der Waals surface area contributed by atoms with Gasteiger partial charge in [0.15, 0.2) is 5.42 Å². The van der Waals surface area contributed by atoms with E-state index in [0.29, 0.717) is 17.7 Å². The van der Waals surface area contributed by atoms with Crippen molar-refractivity contribution in [2.75, 3.05) is 19.6 Å². The number of aromatic nitrogens is 1. The van der Waals surface area contributed by atoms with E-state index in [1.165, 1.54) is 4.90 Å². The van der Waals surface area contributed by atoms with Crippen LogP contribution in [0.3, 0.4) is 0 Å². The van der Waals surface area contributed by atoms with Crippen LogP contribution >= 0.6 is 0 Å². The fourth-order valence-corrected chi connectivity index (χ4v) is 2.99. The Bertz CT molecular complexity index is 865. The molecule has 0 atom stereocenters. The van der Waals surface area contributed by atoms with Crippen molar-refractivity contribution >= 4 is 24.1 Å². The summed E-state index contributed by atoms with van der Waals surface area (Å²) in [5, 5.41) is 4.72. The van der Waals surface area contributed by atoms with Crippen LogP contribution in [0.15, 0.2) is 35.0 Å². The number of carbonyl (C=O) groups excluding carboxylic acids is 2. The Kier molecular flexibility index (Phi) is 3.22. The van der Waals surface area contributed by atoms with Crippen LogP contribution in [-0.2, 0) is 0 Å². The number of hydrogen-bond acceptors (Lipinski definition) is 5. The standard InChI is InChI=1S/C17H15N3O3/c21-16-13-4-1-2-5-14(13)17(22)20(16)8-3-7-19-9-6-15-12(11-19)10-18-23-15/h1-2,4-6,10-11H,3,7-9H2. The lowest BCUT2D eigenvalue weighted by atomic mass is 10.1. The van der Waals surface area contributed by atoms with E-state index in [-0.39, 0.29) is 11.8 Å². The molecule has 4 rings (SSSR count). The first-order valence-corrected chi connectivity index (χ1v) is 7.56. The number of nitrogens with zero attached hydrogens (tertiary/aromatic N) is 3. The predicted molar refractivity (Wildman–Crippen MR) is 82.7 cm³/mol. The largest absolute Gasteiger partial charge is 0.373 e. The summed E-state index contributed by atoms with van der Waals surface area (Å²) in [5.74, 6) is -0.387. The Balaban J connectivity index is 1.39. The lowest BCUT2D eigenvalue weighted by Crippen LogP contribution is -2.36. The molecule has 0 radical (unpaired) electrons. The summed E-state index contributed by atoms with van der Waals surface area (Å²) in [6, 6.07) is 6.97. The van der Waals surface area contributed by atoms with Crippen LogP contribution in [0.1, 0.15) is 27.1 Å². The molecule has 0 fully saturated rings. The van der Waals surface area contributed by atoms with Gasteiger partial charge in [-0.25, -0.2) is 0 Å². The van der Waals surface area contributed by atoms with Crippen LogP contribution in [0.5, 0.6) is 0 Å². The highest BCUT2D eigenvalue weighted by atomic mass is 16.5. The highest BCUT2D eigenvalue weighted by Gasteiger charge is 2.34. The first-order valence-electron chi connectivity index (χ1n) is 7.56. The number of imide groups is 1. The average Bonchev–Trinajstić information content (AvgIpc) is 3.13.